The van der Waals surface area contributed by atoms with Gasteiger partial charge < -0.3 is 4.74 Å². The molecule has 2 saturated carbocycles. The third-order valence-electron chi connectivity index (χ3n) is 3.12. The Morgan fingerprint density at radius 3 is 1.73 bits per heavy atom. The Bertz CT molecular complexity index is 265. The second kappa shape index (κ2) is 3.68. The van der Waals surface area contributed by atoms with Gasteiger partial charge >= 0.3 is 5.97 Å². The number of carbonyl (C=O) groups excluding carboxylic acids is 1. The van der Waals surface area contributed by atoms with E-state index in [1.807, 2.05) is 0 Å². The lowest BCUT2D eigenvalue weighted by Gasteiger charge is -2.39. The zero-order valence-corrected chi connectivity index (χ0v) is 10.7. The zero-order chi connectivity index (χ0) is 11.3. The summed E-state index contributed by atoms with van der Waals surface area (Å²) < 4.78 is 3.90. The SMILES string of the molecule is CC(=O)OC(C1CC1)(C1CC1)C(Cl)(Cl)Cl. The fourth-order valence-electron chi connectivity index (χ4n) is 2.28. The van der Waals surface area contributed by atoms with Crippen LogP contribution in [0.3, 0.4) is 0 Å². The van der Waals surface area contributed by atoms with Crippen molar-refractivity contribution >= 4 is 40.8 Å². The van der Waals surface area contributed by atoms with Crippen LogP contribution >= 0.6 is 34.8 Å². The molecule has 2 rings (SSSR count). The van der Waals surface area contributed by atoms with Crippen LogP contribution in [-0.2, 0) is 9.53 Å². The predicted octanol–water partition coefficient (Wildman–Crippen LogP) is 3.48. The molecule has 0 spiro atoms. The van der Waals surface area contributed by atoms with Crippen LogP contribution in [0.15, 0.2) is 0 Å². The largest absolute Gasteiger partial charge is 0.454 e. The highest BCUT2D eigenvalue weighted by atomic mass is 35.6. The Kier molecular flexibility index (Phi) is 2.90. The third kappa shape index (κ3) is 2.09. The molecule has 0 unspecified atom stereocenters. The molecule has 2 fully saturated rings. The van der Waals surface area contributed by atoms with Crippen LogP contribution in [-0.4, -0.2) is 15.4 Å². The van der Waals surface area contributed by atoms with Gasteiger partial charge in [0.15, 0.2) is 5.60 Å². The Balaban J connectivity index is 2.29. The summed E-state index contributed by atoms with van der Waals surface area (Å²) in [4.78, 5) is 11.2. The van der Waals surface area contributed by atoms with E-state index in [1.54, 1.807) is 0 Å². The molecule has 0 aromatic carbocycles. The van der Waals surface area contributed by atoms with Crippen molar-refractivity contribution < 1.29 is 9.53 Å². The van der Waals surface area contributed by atoms with Gasteiger partial charge in [-0.25, -0.2) is 0 Å². The molecule has 5 heteroatoms. The number of carbonyl (C=O) groups is 1. The smallest absolute Gasteiger partial charge is 0.303 e. The molecule has 15 heavy (non-hydrogen) atoms. The molecule has 0 atom stereocenters. The van der Waals surface area contributed by atoms with Gasteiger partial charge in [0.1, 0.15) is 0 Å². The summed E-state index contributed by atoms with van der Waals surface area (Å²) in [6, 6.07) is 0. The highest BCUT2D eigenvalue weighted by Gasteiger charge is 2.67. The Morgan fingerprint density at radius 1 is 1.13 bits per heavy atom. The molecule has 0 heterocycles. The predicted molar refractivity (Wildman–Crippen MR) is 60.2 cm³/mol. The molecule has 0 amide bonds. The second-order valence-electron chi connectivity index (χ2n) is 4.43. The van der Waals surface area contributed by atoms with Gasteiger partial charge in [-0.05, 0) is 25.7 Å². The maximum atomic E-state index is 11.2. The molecule has 0 radical (unpaired) electrons. The van der Waals surface area contributed by atoms with Crippen LogP contribution < -0.4 is 0 Å². The molecule has 0 aliphatic heterocycles. The van der Waals surface area contributed by atoms with E-state index in [0.717, 1.165) is 25.7 Å². The Hall–Kier alpha value is 0.340. The highest BCUT2D eigenvalue weighted by Crippen LogP contribution is 2.63. The van der Waals surface area contributed by atoms with Crippen molar-refractivity contribution in [2.75, 3.05) is 0 Å². The first-order chi connectivity index (χ1) is 6.88. The average Bonchev–Trinajstić information content (AvgIpc) is 2.90. The standard InChI is InChI=1S/C10H13Cl3O2/c1-6(14)15-9(7-2-3-7,8-4-5-8)10(11,12)13/h7-8H,2-5H2,1H3. The van der Waals surface area contributed by atoms with E-state index in [2.05, 4.69) is 0 Å². The molecular weight excluding hydrogens is 258 g/mol. The second-order valence-corrected chi connectivity index (χ2v) is 6.71. The van der Waals surface area contributed by atoms with E-state index >= 15 is 0 Å². The molecule has 0 saturated heterocycles. The summed E-state index contributed by atoms with van der Waals surface area (Å²) in [6.07, 6.45) is 3.94. The summed E-state index contributed by atoms with van der Waals surface area (Å²) >= 11 is 18.1. The summed E-state index contributed by atoms with van der Waals surface area (Å²) in [7, 11) is 0. The molecule has 2 aliphatic carbocycles. The van der Waals surface area contributed by atoms with Crippen LogP contribution in [0.5, 0.6) is 0 Å². The molecule has 0 N–H and O–H groups in total. The van der Waals surface area contributed by atoms with Crippen LogP contribution in [0.2, 0.25) is 0 Å². The third-order valence-corrected chi connectivity index (χ3v) is 4.01. The van der Waals surface area contributed by atoms with Gasteiger partial charge in [-0.2, -0.15) is 0 Å². The van der Waals surface area contributed by atoms with E-state index in [1.165, 1.54) is 6.92 Å². The Morgan fingerprint density at radius 2 is 1.53 bits per heavy atom. The van der Waals surface area contributed by atoms with E-state index in [9.17, 15) is 4.79 Å². The number of rotatable bonds is 3. The maximum Gasteiger partial charge on any atom is 0.303 e. The maximum absolute atomic E-state index is 11.2. The highest BCUT2D eigenvalue weighted by molar-refractivity contribution is 6.68. The van der Waals surface area contributed by atoms with E-state index in [4.69, 9.17) is 39.5 Å². The monoisotopic (exact) mass is 270 g/mol. The van der Waals surface area contributed by atoms with Crippen molar-refractivity contribution in [3.63, 3.8) is 0 Å². The lowest BCUT2D eigenvalue weighted by atomic mass is 9.93. The van der Waals surface area contributed by atoms with Gasteiger partial charge in [0.05, 0.1) is 0 Å². The van der Waals surface area contributed by atoms with E-state index in [0.29, 0.717) is 0 Å². The number of hydrogen-bond acceptors (Lipinski definition) is 2. The van der Waals surface area contributed by atoms with Gasteiger partial charge in [0.2, 0.25) is 3.79 Å². The minimum Gasteiger partial charge on any atom is -0.454 e. The van der Waals surface area contributed by atoms with Gasteiger partial charge in [-0.15, -0.1) is 0 Å². The van der Waals surface area contributed by atoms with Crippen molar-refractivity contribution in [2.24, 2.45) is 11.8 Å². The van der Waals surface area contributed by atoms with Crippen molar-refractivity contribution in [3.05, 3.63) is 0 Å². The van der Waals surface area contributed by atoms with Gasteiger partial charge in [-0.3, -0.25) is 4.79 Å². The Labute approximate surface area is 104 Å². The average molecular weight is 272 g/mol. The van der Waals surface area contributed by atoms with Gasteiger partial charge in [0, 0.05) is 18.8 Å². The molecule has 86 valence electrons. The van der Waals surface area contributed by atoms with Crippen LogP contribution in [0.1, 0.15) is 32.6 Å². The van der Waals surface area contributed by atoms with E-state index in [-0.39, 0.29) is 17.8 Å². The van der Waals surface area contributed by atoms with Crippen molar-refractivity contribution in [1.29, 1.82) is 0 Å². The topological polar surface area (TPSA) is 26.3 Å². The summed E-state index contributed by atoms with van der Waals surface area (Å²) in [5.41, 5.74) is -0.872. The van der Waals surface area contributed by atoms with Crippen LogP contribution in [0.4, 0.5) is 0 Å². The first-order valence-electron chi connectivity index (χ1n) is 5.14. The van der Waals surface area contributed by atoms with Crippen LogP contribution in [0, 0.1) is 11.8 Å². The minimum atomic E-state index is -1.51. The normalized spacial score (nSPS) is 22.7. The lowest BCUT2D eigenvalue weighted by Crippen LogP contribution is -2.51. The molecule has 0 aromatic rings. The molecule has 0 bridgehead atoms. The zero-order valence-electron chi connectivity index (χ0n) is 8.43. The molecule has 2 aliphatic rings. The summed E-state index contributed by atoms with van der Waals surface area (Å²) in [5, 5.41) is 0. The van der Waals surface area contributed by atoms with E-state index < -0.39 is 9.39 Å². The van der Waals surface area contributed by atoms with Crippen molar-refractivity contribution in [3.8, 4) is 0 Å². The van der Waals surface area contributed by atoms with Gasteiger partial charge in [-0.1, -0.05) is 34.8 Å². The minimum absolute atomic E-state index is 0.224. The first kappa shape index (κ1) is 11.8. The fourth-order valence-corrected chi connectivity index (χ4v) is 3.32. The first-order valence-corrected chi connectivity index (χ1v) is 6.27. The summed E-state index contributed by atoms with van der Waals surface area (Å²) in [6.45, 7) is 1.37. The number of esters is 1. The quantitative estimate of drug-likeness (QED) is 0.580. The number of alkyl halides is 3. The molecule has 2 nitrogen and oxygen atoms in total. The molecular formula is C10H13Cl3O2. The number of ether oxygens (including phenoxy) is 1. The number of halogens is 3. The van der Waals surface area contributed by atoms with Gasteiger partial charge in [0.25, 0.3) is 0 Å². The van der Waals surface area contributed by atoms with Crippen LogP contribution in [0.25, 0.3) is 0 Å². The fraction of sp³-hybridized carbons (Fsp3) is 0.900. The van der Waals surface area contributed by atoms with Crippen molar-refractivity contribution in [2.45, 2.75) is 42.0 Å². The van der Waals surface area contributed by atoms with Crippen molar-refractivity contribution in [1.82, 2.24) is 0 Å². The molecule has 0 aromatic heterocycles. The lowest BCUT2D eigenvalue weighted by molar-refractivity contribution is -0.162. The number of hydrogen-bond donors (Lipinski definition) is 0. The summed E-state index contributed by atoms with van der Waals surface area (Å²) in [5.74, 6) is 0.0860.